The fourth-order valence-electron chi connectivity index (χ4n) is 3.67. The smallest absolute Gasteiger partial charge is 0.345 e. The SMILES string of the molecule is COC(=O)COc1ccc(C2CCNC2(NC(=O)COCc2ccccc2)C(=O)O)cc1. The Morgan fingerprint density at radius 1 is 1.09 bits per heavy atom. The van der Waals surface area contributed by atoms with E-state index in [0.29, 0.717) is 24.3 Å². The third-order valence-corrected chi connectivity index (χ3v) is 5.25. The number of methoxy groups -OCH3 is 1. The Balaban J connectivity index is 1.64. The molecule has 2 aromatic carbocycles. The molecule has 0 saturated carbocycles. The number of carbonyl (C=O) groups excluding carboxylic acids is 2. The summed E-state index contributed by atoms with van der Waals surface area (Å²) in [6.07, 6.45) is 0.514. The van der Waals surface area contributed by atoms with E-state index in [0.717, 1.165) is 5.56 Å². The van der Waals surface area contributed by atoms with Crippen LogP contribution < -0.4 is 15.4 Å². The molecule has 2 unspecified atom stereocenters. The Morgan fingerprint density at radius 2 is 1.81 bits per heavy atom. The predicted octanol–water partition coefficient (Wildman–Crippen LogP) is 1.43. The number of aliphatic carboxylic acids is 1. The summed E-state index contributed by atoms with van der Waals surface area (Å²) in [6.45, 7) is 0.179. The molecule has 9 heteroatoms. The summed E-state index contributed by atoms with van der Waals surface area (Å²) < 4.78 is 15.3. The van der Waals surface area contributed by atoms with Gasteiger partial charge in [0, 0.05) is 5.92 Å². The molecular formula is C23H26N2O7. The van der Waals surface area contributed by atoms with Crippen LogP contribution in [0.5, 0.6) is 5.75 Å². The van der Waals surface area contributed by atoms with Crippen LogP contribution in [0.1, 0.15) is 23.5 Å². The van der Waals surface area contributed by atoms with Gasteiger partial charge in [0.25, 0.3) is 0 Å². The molecule has 0 spiro atoms. The lowest BCUT2D eigenvalue weighted by Crippen LogP contribution is -2.64. The van der Waals surface area contributed by atoms with Gasteiger partial charge in [-0.2, -0.15) is 0 Å². The zero-order chi connectivity index (χ0) is 23.0. The van der Waals surface area contributed by atoms with E-state index in [1.165, 1.54) is 7.11 Å². The third-order valence-electron chi connectivity index (χ3n) is 5.25. The van der Waals surface area contributed by atoms with E-state index >= 15 is 0 Å². The normalized spacial score (nSPS) is 19.8. The van der Waals surface area contributed by atoms with Gasteiger partial charge in [0.1, 0.15) is 12.4 Å². The van der Waals surface area contributed by atoms with Crippen LogP contribution in [0.3, 0.4) is 0 Å². The minimum atomic E-state index is -1.65. The zero-order valence-electron chi connectivity index (χ0n) is 17.7. The summed E-state index contributed by atoms with van der Waals surface area (Å²) in [7, 11) is 1.27. The second kappa shape index (κ2) is 10.7. The van der Waals surface area contributed by atoms with Crippen molar-refractivity contribution in [2.24, 2.45) is 0 Å². The maximum atomic E-state index is 12.5. The molecule has 1 heterocycles. The van der Waals surface area contributed by atoms with Crippen molar-refractivity contribution in [1.82, 2.24) is 10.6 Å². The number of hydrogen-bond acceptors (Lipinski definition) is 7. The molecule has 1 amide bonds. The van der Waals surface area contributed by atoms with Gasteiger partial charge in [-0.1, -0.05) is 42.5 Å². The highest BCUT2D eigenvalue weighted by atomic mass is 16.6. The lowest BCUT2D eigenvalue weighted by molar-refractivity contribution is -0.150. The predicted molar refractivity (Wildman–Crippen MR) is 114 cm³/mol. The highest BCUT2D eigenvalue weighted by Gasteiger charge is 2.51. The Bertz CT molecular complexity index is 933. The van der Waals surface area contributed by atoms with Gasteiger partial charge in [-0.3, -0.25) is 10.1 Å². The number of benzene rings is 2. The molecule has 170 valence electrons. The maximum Gasteiger partial charge on any atom is 0.345 e. The first-order valence-electron chi connectivity index (χ1n) is 10.2. The number of rotatable bonds is 10. The largest absolute Gasteiger partial charge is 0.482 e. The summed E-state index contributed by atoms with van der Waals surface area (Å²) in [5.41, 5.74) is -0.0189. The van der Waals surface area contributed by atoms with Gasteiger partial charge in [0.15, 0.2) is 12.3 Å². The fraction of sp³-hybridized carbons (Fsp3) is 0.348. The number of hydrogen-bond donors (Lipinski definition) is 3. The van der Waals surface area contributed by atoms with Gasteiger partial charge in [0.05, 0.1) is 13.7 Å². The Labute approximate surface area is 185 Å². The van der Waals surface area contributed by atoms with Gasteiger partial charge in [0.2, 0.25) is 5.91 Å². The molecule has 1 aliphatic rings. The average molecular weight is 442 g/mol. The molecule has 1 aliphatic heterocycles. The van der Waals surface area contributed by atoms with Crippen LogP contribution in [-0.4, -0.2) is 55.5 Å². The minimum Gasteiger partial charge on any atom is -0.482 e. The summed E-state index contributed by atoms with van der Waals surface area (Å²) >= 11 is 0. The molecule has 0 radical (unpaired) electrons. The number of carbonyl (C=O) groups is 3. The average Bonchev–Trinajstić information content (AvgIpc) is 3.23. The Hall–Kier alpha value is -3.43. The third kappa shape index (κ3) is 5.63. The number of nitrogens with one attached hydrogen (secondary N) is 2. The van der Waals surface area contributed by atoms with Crippen molar-refractivity contribution in [3.05, 3.63) is 65.7 Å². The van der Waals surface area contributed by atoms with Crippen LogP contribution in [0, 0.1) is 0 Å². The number of ether oxygens (including phenoxy) is 3. The van der Waals surface area contributed by atoms with Crippen LogP contribution in [-0.2, 0) is 30.5 Å². The van der Waals surface area contributed by atoms with E-state index in [-0.39, 0.29) is 19.8 Å². The fourth-order valence-corrected chi connectivity index (χ4v) is 3.67. The van der Waals surface area contributed by atoms with Crippen molar-refractivity contribution in [1.29, 1.82) is 0 Å². The van der Waals surface area contributed by atoms with Crippen molar-refractivity contribution in [3.8, 4) is 5.75 Å². The van der Waals surface area contributed by atoms with Gasteiger partial charge >= 0.3 is 11.9 Å². The number of esters is 1. The zero-order valence-corrected chi connectivity index (χ0v) is 17.7. The van der Waals surface area contributed by atoms with Gasteiger partial charge < -0.3 is 24.6 Å². The van der Waals surface area contributed by atoms with Gasteiger partial charge in [-0.15, -0.1) is 0 Å². The van der Waals surface area contributed by atoms with E-state index in [1.807, 2.05) is 30.3 Å². The van der Waals surface area contributed by atoms with Crippen molar-refractivity contribution in [2.75, 3.05) is 26.9 Å². The van der Waals surface area contributed by atoms with Crippen LogP contribution in [0.15, 0.2) is 54.6 Å². The molecule has 2 aromatic rings. The van der Waals surface area contributed by atoms with E-state index in [1.54, 1.807) is 24.3 Å². The summed E-state index contributed by atoms with van der Waals surface area (Å²) in [6, 6.07) is 16.1. The summed E-state index contributed by atoms with van der Waals surface area (Å²) in [5.74, 6) is -2.27. The Morgan fingerprint density at radius 3 is 2.47 bits per heavy atom. The quantitative estimate of drug-likeness (QED) is 0.472. The Kier molecular flexibility index (Phi) is 7.80. The number of carboxylic acid groups (broad SMARTS) is 1. The summed E-state index contributed by atoms with van der Waals surface area (Å²) in [4.78, 5) is 35.9. The van der Waals surface area contributed by atoms with E-state index in [4.69, 9.17) is 9.47 Å². The molecule has 1 saturated heterocycles. The van der Waals surface area contributed by atoms with Crippen LogP contribution >= 0.6 is 0 Å². The second-order valence-electron chi connectivity index (χ2n) is 7.34. The first kappa shape index (κ1) is 23.2. The number of amides is 1. The van der Waals surface area contributed by atoms with E-state index < -0.39 is 29.4 Å². The molecule has 1 fully saturated rings. The topological polar surface area (TPSA) is 123 Å². The lowest BCUT2D eigenvalue weighted by Gasteiger charge is -2.32. The summed E-state index contributed by atoms with van der Waals surface area (Å²) in [5, 5.41) is 15.5. The molecule has 3 N–H and O–H groups in total. The second-order valence-corrected chi connectivity index (χ2v) is 7.34. The highest BCUT2D eigenvalue weighted by molar-refractivity contribution is 5.88. The van der Waals surface area contributed by atoms with E-state index in [2.05, 4.69) is 15.4 Å². The van der Waals surface area contributed by atoms with Crippen molar-refractivity contribution < 1.29 is 33.7 Å². The first-order chi connectivity index (χ1) is 15.4. The molecule has 0 bridgehead atoms. The molecule has 32 heavy (non-hydrogen) atoms. The van der Waals surface area contributed by atoms with Crippen LogP contribution in [0.4, 0.5) is 0 Å². The molecule has 9 nitrogen and oxygen atoms in total. The molecule has 0 aliphatic carbocycles. The monoisotopic (exact) mass is 442 g/mol. The first-order valence-corrected chi connectivity index (χ1v) is 10.2. The number of carboxylic acids is 1. The highest BCUT2D eigenvalue weighted by Crippen LogP contribution is 2.35. The minimum absolute atomic E-state index is 0.223. The van der Waals surface area contributed by atoms with Gasteiger partial charge in [-0.05, 0) is 36.2 Å². The maximum absolute atomic E-state index is 12.5. The van der Waals surface area contributed by atoms with Crippen LogP contribution in [0.2, 0.25) is 0 Å². The van der Waals surface area contributed by atoms with Gasteiger partial charge in [-0.25, -0.2) is 9.59 Å². The lowest BCUT2D eigenvalue weighted by atomic mass is 9.86. The molecule has 3 rings (SSSR count). The van der Waals surface area contributed by atoms with Crippen LogP contribution in [0.25, 0.3) is 0 Å². The molecule has 0 aromatic heterocycles. The van der Waals surface area contributed by atoms with Crippen molar-refractivity contribution in [3.63, 3.8) is 0 Å². The van der Waals surface area contributed by atoms with Crippen molar-refractivity contribution >= 4 is 17.8 Å². The molecule has 2 atom stereocenters. The molecular weight excluding hydrogens is 416 g/mol. The van der Waals surface area contributed by atoms with Crippen molar-refractivity contribution in [2.45, 2.75) is 24.6 Å². The van der Waals surface area contributed by atoms with E-state index in [9.17, 15) is 19.5 Å². The standard InChI is InChI=1S/C23H26N2O7/c1-30-21(27)15-32-18-9-7-17(8-10-18)19-11-12-24-23(19,22(28)29)25-20(26)14-31-13-16-5-3-2-4-6-16/h2-10,19,24H,11-15H2,1H3,(H,25,26)(H,28,29).